The number of unbranched alkanes of at least 4 members (excludes halogenated alkanes) is 11. The zero-order valence-corrected chi connectivity index (χ0v) is 14.3. The largest absolute Gasteiger partial charge is 0.0847 e. The molecule has 2 atom stereocenters. The van der Waals surface area contributed by atoms with Gasteiger partial charge in [-0.25, -0.2) is 0 Å². The monoisotopic (exact) mass is 288 g/mol. The fourth-order valence-corrected chi connectivity index (χ4v) is 3.99. The summed E-state index contributed by atoms with van der Waals surface area (Å²) in [4.78, 5) is 0. The summed E-state index contributed by atoms with van der Waals surface area (Å²) >= 11 is 0. The Morgan fingerprint density at radius 2 is 1.48 bits per heavy atom. The Kier molecular flexibility index (Phi) is 8.22. The lowest BCUT2D eigenvalue weighted by molar-refractivity contribution is 0.550. The molecule has 0 aromatic rings. The average molecular weight is 289 g/mol. The second kappa shape index (κ2) is 10.2. The van der Waals surface area contributed by atoms with Crippen LogP contribution in [-0.2, 0) is 0 Å². The van der Waals surface area contributed by atoms with Gasteiger partial charge in [0, 0.05) is 0 Å². The molecule has 2 rings (SSSR count). The van der Waals surface area contributed by atoms with Gasteiger partial charge < -0.3 is 0 Å². The minimum absolute atomic E-state index is 0.836. The van der Waals surface area contributed by atoms with Crippen molar-refractivity contribution in [3.05, 3.63) is 23.8 Å². The Bertz CT molecular complexity index is 323. The summed E-state index contributed by atoms with van der Waals surface area (Å²) < 4.78 is 0. The molecule has 0 aromatic carbocycles. The lowest BCUT2D eigenvalue weighted by Gasteiger charge is -2.07. The van der Waals surface area contributed by atoms with E-state index < -0.39 is 0 Å². The summed E-state index contributed by atoms with van der Waals surface area (Å²) in [5.41, 5.74) is 1.76. The molecule has 0 heteroatoms. The highest BCUT2D eigenvalue weighted by Gasteiger charge is 2.29. The molecule has 0 saturated heterocycles. The highest BCUT2D eigenvalue weighted by molar-refractivity contribution is 5.26. The summed E-state index contributed by atoms with van der Waals surface area (Å²) in [6.45, 7) is 2.30. The van der Waals surface area contributed by atoms with Crippen LogP contribution in [0.15, 0.2) is 23.8 Å². The third-order valence-electron chi connectivity index (χ3n) is 5.36. The molecule has 2 bridgehead atoms. The summed E-state index contributed by atoms with van der Waals surface area (Å²) in [5, 5.41) is 0. The van der Waals surface area contributed by atoms with Gasteiger partial charge in [0.25, 0.3) is 0 Å². The van der Waals surface area contributed by atoms with Crippen LogP contribution in [0.25, 0.3) is 0 Å². The second-order valence-electron chi connectivity index (χ2n) is 7.29. The molecular formula is C21H36. The van der Waals surface area contributed by atoms with Crippen LogP contribution in [-0.4, -0.2) is 0 Å². The van der Waals surface area contributed by atoms with E-state index in [-0.39, 0.29) is 0 Å². The molecule has 0 amide bonds. The lowest BCUT2D eigenvalue weighted by Crippen LogP contribution is -1.92. The van der Waals surface area contributed by atoms with Crippen molar-refractivity contribution in [2.24, 2.45) is 11.8 Å². The molecule has 2 aliphatic rings. The zero-order chi connectivity index (χ0) is 14.8. The molecule has 0 aliphatic heterocycles. The number of rotatable bonds is 12. The molecule has 2 aliphatic carbocycles. The van der Waals surface area contributed by atoms with E-state index in [9.17, 15) is 0 Å². The molecule has 0 heterocycles. The van der Waals surface area contributed by atoms with E-state index in [0.717, 1.165) is 11.8 Å². The molecule has 2 unspecified atom stereocenters. The van der Waals surface area contributed by atoms with Gasteiger partial charge in [-0.2, -0.15) is 0 Å². The topological polar surface area (TPSA) is 0 Å². The first-order valence-corrected chi connectivity index (χ1v) is 9.77. The van der Waals surface area contributed by atoms with Gasteiger partial charge in [-0.05, 0) is 37.5 Å². The van der Waals surface area contributed by atoms with Crippen molar-refractivity contribution in [2.75, 3.05) is 0 Å². The minimum Gasteiger partial charge on any atom is -0.0847 e. The molecule has 0 N–H and O–H groups in total. The van der Waals surface area contributed by atoms with Gasteiger partial charge in [0.1, 0.15) is 0 Å². The molecule has 0 nitrogen and oxygen atoms in total. The van der Waals surface area contributed by atoms with E-state index in [1.165, 1.54) is 89.9 Å². The first kappa shape index (κ1) is 16.8. The van der Waals surface area contributed by atoms with Gasteiger partial charge in [0.15, 0.2) is 0 Å². The number of fused-ring (bicyclic) bond motifs is 2. The van der Waals surface area contributed by atoms with Crippen molar-refractivity contribution in [1.82, 2.24) is 0 Å². The Morgan fingerprint density at radius 3 is 2.00 bits per heavy atom. The van der Waals surface area contributed by atoms with Gasteiger partial charge in [0.2, 0.25) is 0 Å². The fraction of sp³-hybridized carbons (Fsp3) is 0.810. The molecule has 0 radical (unpaired) electrons. The van der Waals surface area contributed by atoms with Crippen molar-refractivity contribution in [3.63, 3.8) is 0 Å². The molecule has 0 spiro atoms. The van der Waals surface area contributed by atoms with E-state index in [2.05, 4.69) is 25.2 Å². The first-order chi connectivity index (χ1) is 10.4. The van der Waals surface area contributed by atoms with Crippen LogP contribution in [0.1, 0.15) is 96.8 Å². The van der Waals surface area contributed by atoms with Gasteiger partial charge in [-0.3, -0.25) is 0 Å². The van der Waals surface area contributed by atoms with Crippen LogP contribution >= 0.6 is 0 Å². The van der Waals surface area contributed by atoms with Crippen molar-refractivity contribution < 1.29 is 0 Å². The van der Waals surface area contributed by atoms with Crippen molar-refractivity contribution in [2.45, 2.75) is 96.8 Å². The van der Waals surface area contributed by atoms with Crippen LogP contribution < -0.4 is 0 Å². The molecule has 21 heavy (non-hydrogen) atoms. The predicted molar refractivity (Wildman–Crippen MR) is 94.5 cm³/mol. The number of hydrogen-bond acceptors (Lipinski definition) is 0. The maximum absolute atomic E-state index is 2.57. The number of hydrogen-bond donors (Lipinski definition) is 0. The smallest absolute Gasteiger partial charge is 0.00173 e. The summed E-state index contributed by atoms with van der Waals surface area (Å²) in [6.07, 6.45) is 27.5. The molecule has 1 fully saturated rings. The summed E-state index contributed by atoms with van der Waals surface area (Å²) in [7, 11) is 0. The van der Waals surface area contributed by atoms with Gasteiger partial charge >= 0.3 is 0 Å². The van der Waals surface area contributed by atoms with Crippen molar-refractivity contribution in [1.29, 1.82) is 0 Å². The maximum Gasteiger partial charge on any atom is -0.00173 e. The van der Waals surface area contributed by atoms with E-state index >= 15 is 0 Å². The van der Waals surface area contributed by atoms with E-state index in [0.29, 0.717) is 0 Å². The van der Waals surface area contributed by atoms with Crippen molar-refractivity contribution >= 4 is 0 Å². The van der Waals surface area contributed by atoms with Gasteiger partial charge in [-0.15, -0.1) is 0 Å². The molecule has 0 aromatic heterocycles. The summed E-state index contributed by atoms with van der Waals surface area (Å²) in [5.74, 6) is 1.74. The van der Waals surface area contributed by atoms with Crippen LogP contribution in [0.4, 0.5) is 0 Å². The quantitative estimate of drug-likeness (QED) is 0.263. The van der Waals surface area contributed by atoms with Crippen LogP contribution in [0, 0.1) is 11.8 Å². The SMILES string of the molecule is CCCCCCCCCCCCC/C=C1\CC2C=CC1C2. The van der Waals surface area contributed by atoms with E-state index in [4.69, 9.17) is 0 Å². The first-order valence-electron chi connectivity index (χ1n) is 9.77. The van der Waals surface area contributed by atoms with Crippen LogP contribution in [0.2, 0.25) is 0 Å². The Labute approximate surface area is 133 Å². The van der Waals surface area contributed by atoms with Crippen LogP contribution in [0.5, 0.6) is 0 Å². The van der Waals surface area contributed by atoms with Gasteiger partial charge in [-0.1, -0.05) is 94.9 Å². The Morgan fingerprint density at radius 1 is 0.857 bits per heavy atom. The molecule has 120 valence electrons. The molecular weight excluding hydrogens is 252 g/mol. The highest BCUT2D eigenvalue weighted by Crippen LogP contribution is 2.43. The predicted octanol–water partition coefficient (Wildman–Crippen LogP) is 7.21. The average Bonchev–Trinajstić information content (AvgIpc) is 3.11. The van der Waals surface area contributed by atoms with E-state index in [1.54, 1.807) is 5.57 Å². The maximum atomic E-state index is 2.57. The second-order valence-corrected chi connectivity index (χ2v) is 7.29. The third-order valence-corrected chi connectivity index (χ3v) is 5.36. The Hall–Kier alpha value is -0.520. The van der Waals surface area contributed by atoms with Gasteiger partial charge in [0.05, 0.1) is 0 Å². The molecule has 1 saturated carbocycles. The minimum atomic E-state index is 0.836. The van der Waals surface area contributed by atoms with Crippen molar-refractivity contribution in [3.8, 4) is 0 Å². The van der Waals surface area contributed by atoms with E-state index in [1.807, 2.05) is 0 Å². The number of allylic oxidation sites excluding steroid dienone is 4. The summed E-state index contributed by atoms with van der Waals surface area (Å²) in [6, 6.07) is 0. The highest BCUT2D eigenvalue weighted by atomic mass is 14.3. The normalized spacial score (nSPS) is 25.3. The lowest BCUT2D eigenvalue weighted by atomic mass is 9.98. The third kappa shape index (κ3) is 6.41. The standard InChI is InChI=1S/C21H36/c1-2-3-4-5-6-7-8-9-10-11-12-13-14-20-17-19-15-16-21(20)18-19/h14-16,19,21H,2-13,17-18H2,1H3/b20-14+. The Balaban J connectivity index is 1.35. The fourth-order valence-electron chi connectivity index (χ4n) is 3.99. The van der Waals surface area contributed by atoms with Crippen LogP contribution in [0.3, 0.4) is 0 Å². The zero-order valence-electron chi connectivity index (χ0n) is 14.3.